The quantitative estimate of drug-likeness (QED) is 0.371. The summed E-state index contributed by atoms with van der Waals surface area (Å²) < 4.78 is 0. The smallest absolute Gasteiger partial charge is 0.0708 e. The number of nitrogens with zero attached hydrogens (tertiary/aromatic N) is 1. The standard InChI is InChI=1S/C17H16ClN/c18-10-4-3-5-13-8-9-15-14(11-13)12-19-17-7-2-1-6-16(15)17/h1-2,6-9,11-12H,3-5,10H2. The van der Waals surface area contributed by atoms with Crippen molar-refractivity contribution in [1.82, 2.24) is 4.98 Å². The highest BCUT2D eigenvalue weighted by molar-refractivity contribution is 6.17. The van der Waals surface area contributed by atoms with E-state index in [1.165, 1.54) is 21.7 Å². The van der Waals surface area contributed by atoms with Crippen LogP contribution >= 0.6 is 11.6 Å². The minimum atomic E-state index is 0.750. The number of rotatable bonds is 4. The van der Waals surface area contributed by atoms with Crippen molar-refractivity contribution in [2.24, 2.45) is 0 Å². The lowest BCUT2D eigenvalue weighted by Crippen LogP contribution is -1.88. The van der Waals surface area contributed by atoms with Crippen LogP contribution in [0.1, 0.15) is 18.4 Å². The van der Waals surface area contributed by atoms with E-state index in [1.807, 2.05) is 12.3 Å². The molecule has 3 rings (SSSR count). The number of unbranched alkanes of at least 4 members (excludes halogenated alkanes) is 1. The van der Waals surface area contributed by atoms with E-state index in [4.69, 9.17) is 11.6 Å². The Kier molecular flexibility index (Phi) is 3.65. The molecule has 0 atom stereocenters. The van der Waals surface area contributed by atoms with Crippen molar-refractivity contribution in [1.29, 1.82) is 0 Å². The van der Waals surface area contributed by atoms with Gasteiger partial charge in [0.25, 0.3) is 0 Å². The third kappa shape index (κ3) is 2.57. The van der Waals surface area contributed by atoms with Gasteiger partial charge >= 0.3 is 0 Å². The monoisotopic (exact) mass is 269 g/mol. The molecule has 0 radical (unpaired) electrons. The Labute approximate surface area is 118 Å². The third-order valence-electron chi connectivity index (χ3n) is 3.50. The summed E-state index contributed by atoms with van der Waals surface area (Å²) in [6, 6.07) is 15.0. The lowest BCUT2D eigenvalue weighted by Gasteiger charge is -2.06. The van der Waals surface area contributed by atoms with E-state index in [9.17, 15) is 0 Å². The van der Waals surface area contributed by atoms with Crippen molar-refractivity contribution in [2.45, 2.75) is 19.3 Å². The molecule has 0 saturated carbocycles. The number of pyridine rings is 1. The Morgan fingerprint density at radius 1 is 0.947 bits per heavy atom. The molecule has 2 heteroatoms. The molecule has 0 unspecified atom stereocenters. The van der Waals surface area contributed by atoms with Crippen molar-refractivity contribution in [2.75, 3.05) is 5.88 Å². The Morgan fingerprint density at radius 3 is 2.74 bits per heavy atom. The van der Waals surface area contributed by atoms with E-state index in [0.717, 1.165) is 30.7 Å². The highest BCUT2D eigenvalue weighted by Gasteiger charge is 2.02. The van der Waals surface area contributed by atoms with Crippen molar-refractivity contribution in [3.05, 3.63) is 54.2 Å². The number of para-hydroxylation sites is 1. The molecule has 0 fully saturated rings. The van der Waals surface area contributed by atoms with Crippen LogP contribution in [-0.4, -0.2) is 10.9 Å². The molecule has 19 heavy (non-hydrogen) atoms. The molecule has 1 nitrogen and oxygen atoms in total. The van der Waals surface area contributed by atoms with Gasteiger partial charge in [-0.2, -0.15) is 0 Å². The van der Waals surface area contributed by atoms with Gasteiger partial charge in [0.1, 0.15) is 0 Å². The van der Waals surface area contributed by atoms with E-state index in [1.54, 1.807) is 0 Å². The molecule has 1 heterocycles. The largest absolute Gasteiger partial charge is 0.256 e. The number of benzene rings is 2. The Balaban J connectivity index is 2.02. The number of aryl methyl sites for hydroxylation is 1. The minimum absolute atomic E-state index is 0.750. The van der Waals surface area contributed by atoms with Gasteiger partial charge in [0.2, 0.25) is 0 Å². The maximum atomic E-state index is 5.72. The summed E-state index contributed by atoms with van der Waals surface area (Å²) >= 11 is 5.72. The van der Waals surface area contributed by atoms with Crippen LogP contribution in [0, 0.1) is 0 Å². The van der Waals surface area contributed by atoms with Gasteiger partial charge < -0.3 is 0 Å². The van der Waals surface area contributed by atoms with Gasteiger partial charge in [0.05, 0.1) is 5.52 Å². The van der Waals surface area contributed by atoms with Crippen LogP contribution in [0.3, 0.4) is 0 Å². The molecular weight excluding hydrogens is 254 g/mol. The van der Waals surface area contributed by atoms with E-state index in [-0.39, 0.29) is 0 Å². The lowest BCUT2D eigenvalue weighted by molar-refractivity contribution is 0.800. The normalized spacial score (nSPS) is 11.2. The topological polar surface area (TPSA) is 12.9 Å². The maximum absolute atomic E-state index is 5.72. The second-order valence-electron chi connectivity index (χ2n) is 4.84. The van der Waals surface area contributed by atoms with Crippen LogP contribution in [0.5, 0.6) is 0 Å². The summed E-state index contributed by atoms with van der Waals surface area (Å²) in [6.07, 6.45) is 5.30. The number of hydrogen-bond donors (Lipinski definition) is 0. The molecule has 1 aromatic heterocycles. The number of hydrogen-bond acceptors (Lipinski definition) is 1. The summed E-state index contributed by atoms with van der Waals surface area (Å²) in [7, 11) is 0. The number of alkyl halides is 1. The molecule has 0 N–H and O–H groups in total. The van der Waals surface area contributed by atoms with Gasteiger partial charge in [0, 0.05) is 22.8 Å². The zero-order valence-electron chi connectivity index (χ0n) is 10.8. The molecule has 0 spiro atoms. The van der Waals surface area contributed by atoms with Crippen LogP contribution in [-0.2, 0) is 6.42 Å². The van der Waals surface area contributed by atoms with Gasteiger partial charge in [-0.15, -0.1) is 11.6 Å². The zero-order chi connectivity index (χ0) is 13.1. The second kappa shape index (κ2) is 5.58. The fraction of sp³-hybridized carbons (Fsp3) is 0.235. The van der Waals surface area contributed by atoms with Crippen LogP contribution in [0.4, 0.5) is 0 Å². The minimum Gasteiger partial charge on any atom is -0.256 e. The van der Waals surface area contributed by atoms with Gasteiger partial charge in [-0.25, -0.2) is 0 Å². The number of fused-ring (bicyclic) bond motifs is 3. The highest BCUT2D eigenvalue weighted by Crippen LogP contribution is 2.24. The first-order valence-electron chi connectivity index (χ1n) is 6.71. The molecule has 0 amide bonds. The zero-order valence-corrected chi connectivity index (χ0v) is 11.5. The predicted molar refractivity (Wildman–Crippen MR) is 82.9 cm³/mol. The first-order valence-corrected chi connectivity index (χ1v) is 7.24. The van der Waals surface area contributed by atoms with Crippen molar-refractivity contribution in [3.8, 4) is 0 Å². The molecule has 0 aliphatic heterocycles. The summed E-state index contributed by atoms with van der Waals surface area (Å²) in [5.41, 5.74) is 2.43. The van der Waals surface area contributed by atoms with Crippen LogP contribution in [0.2, 0.25) is 0 Å². The van der Waals surface area contributed by atoms with Gasteiger partial charge in [-0.1, -0.05) is 30.3 Å². The SMILES string of the molecule is ClCCCCc1ccc2c(cnc3ccccc32)c1. The van der Waals surface area contributed by atoms with Crippen LogP contribution in [0.25, 0.3) is 21.7 Å². The molecule has 0 aliphatic rings. The lowest BCUT2D eigenvalue weighted by atomic mass is 10.0. The molecule has 0 bridgehead atoms. The van der Waals surface area contributed by atoms with Crippen molar-refractivity contribution < 1.29 is 0 Å². The van der Waals surface area contributed by atoms with Gasteiger partial charge in [-0.05, 0) is 42.3 Å². The van der Waals surface area contributed by atoms with E-state index < -0.39 is 0 Å². The van der Waals surface area contributed by atoms with E-state index in [2.05, 4.69) is 41.4 Å². The predicted octanol–water partition coefficient (Wildman–Crippen LogP) is 4.95. The van der Waals surface area contributed by atoms with E-state index in [0.29, 0.717) is 0 Å². The Hall–Kier alpha value is -1.60. The first-order chi connectivity index (χ1) is 9.38. The summed E-state index contributed by atoms with van der Waals surface area (Å²) in [4.78, 5) is 4.53. The maximum Gasteiger partial charge on any atom is 0.0708 e. The Morgan fingerprint density at radius 2 is 1.84 bits per heavy atom. The Bertz CT molecular complexity index is 706. The number of aromatic nitrogens is 1. The average molecular weight is 270 g/mol. The first kappa shape index (κ1) is 12.4. The number of halogens is 1. The van der Waals surface area contributed by atoms with Gasteiger partial charge in [-0.3, -0.25) is 4.98 Å². The molecule has 2 aromatic carbocycles. The molecule has 0 saturated heterocycles. The van der Waals surface area contributed by atoms with Crippen molar-refractivity contribution in [3.63, 3.8) is 0 Å². The van der Waals surface area contributed by atoms with Gasteiger partial charge in [0.15, 0.2) is 0 Å². The molecule has 3 aromatic rings. The third-order valence-corrected chi connectivity index (χ3v) is 3.77. The summed E-state index contributed by atoms with van der Waals surface area (Å²) in [6.45, 7) is 0. The summed E-state index contributed by atoms with van der Waals surface area (Å²) in [5, 5.41) is 3.74. The van der Waals surface area contributed by atoms with Crippen LogP contribution < -0.4 is 0 Å². The fourth-order valence-electron chi connectivity index (χ4n) is 2.50. The average Bonchev–Trinajstić information content (AvgIpc) is 2.47. The molecular formula is C17H16ClN. The highest BCUT2D eigenvalue weighted by atomic mass is 35.5. The van der Waals surface area contributed by atoms with Crippen LogP contribution in [0.15, 0.2) is 48.7 Å². The summed E-state index contributed by atoms with van der Waals surface area (Å²) in [5.74, 6) is 0.750. The molecule has 96 valence electrons. The van der Waals surface area contributed by atoms with Crippen molar-refractivity contribution >= 4 is 33.3 Å². The fourth-order valence-corrected chi connectivity index (χ4v) is 2.69. The molecule has 0 aliphatic carbocycles. The second-order valence-corrected chi connectivity index (χ2v) is 5.22. The van der Waals surface area contributed by atoms with E-state index >= 15 is 0 Å².